The summed E-state index contributed by atoms with van der Waals surface area (Å²) < 4.78 is 1.89. The third-order valence-corrected chi connectivity index (χ3v) is 3.74. The molecule has 0 atom stereocenters. The van der Waals surface area contributed by atoms with E-state index in [0.717, 1.165) is 5.56 Å². The summed E-state index contributed by atoms with van der Waals surface area (Å²) in [5.41, 5.74) is 3.51. The summed E-state index contributed by atoms with van der Waals surface area (Å²) in [5.74, 6) is 0.666. The number of nitrogens with zero attached hydrogens (tertiary/aromatic N) is 4. The van der Waals surface area contributed by atoms with Crippen LogP contribution in [0, 0.1) is 0 Å². The Morgan fingerprint density at radius 2 is 1.36 bits per heavy atom. The maximum Gasteiger partial charge on any atom is 0.437 e. The van der Waals surface area contributed by atoms with E-state index >= 15 is 0 Å². The van der Waals surface area contributed by atoms with E-state index in [9.17, 15) is 0 Å². The molecular formula is C21H21N4+. The van der Waals surface area contributed by atoms with Crippen molar-refractivity contribution in [3.8, 4) is 5.95 Å². The van der Waals surface area contributed by atoms with E-state index in [0.29, 0.717) is 5.95 Å². The van der Waals surface area contributed by atoms with Crippen molar-refractivity contribution in [2.24, 2.45) is 0 Å². The van der Waals surface area contributed by atoms with Crippen LogP contribution >= 0.6 is 0 Å². The van der Waals surface area contributed by atoms with Gasteiger partial charge in [0.25, 0.3) is 0 Å². The van der Waals surface area contributed by atoms with Gasteiger partial charge in [0.15, 0.2) is 0 Å². The molecule has 2 aromatic heterocycles. The molecule has 3 rings (SSSR count). The predicted octanol–water partition coefficient (Wildman–Crippen LogP) is 3.55. The summed E-state index contributed by atoms with van der Waals surface area (Å²) in [7, 11) is 4.09. The van der Waals surface area contributed by atoms with Crippen LogP contribution in [0.4, 0.5) is 5.69 Å². The van der Waals surface area contributed by atoms with E-state index in [2.05, 4.69) is 51.3 Å². The fourth-order valence-electron chi connectivity index (χ4n) is 2.32. The average molecular weight is 329 g/mol. The molecule has 0 aliphatic carbocycles. The molecule has 0 fully saturated rings. The Balaban J connectivity index is 1.62. The van der Waals surface area contributed by atoms with Crippen LogP contribution in [-0.2, 0) is 0 Å². The summed E-state index contributed by atoms with van der Waals surface area (Å²) in [6, 6.07) is 14.3. The summed E-state index contributed by atoms with van der Waals surface area (Å²) in [6.07, 6.45) is 15.6. The zero-order valence-corrected chi connectivity index (χ0v) is 14.4. The minimum absolute atomic E-state index is 0.666. The third-order valence-electron chi connectivity index (χ3n) is 3.74. The molecule has 0 aliphatic rings. The van der Waals surface area contributed by atoms with E-state index in [1.54, 1.807) is 12.4 Å². The number of hydrogen-bond donors (Lipinski definition) is 0. The number of aromatic nitrogens is 3. The first-order valence-corrected chi connectivity index (χ1v) is 8.13. The molecule has 3 aromatic rings. The zero-order valence-electron chi connectivity index (χ0n) is 14.4. The van der Waals surface area contributed by atoms with Gasteiger partial charge >= 0.3 is 5.95 Å². The SMILES string of the molecule is CN(C)c1ccc(/C=C/C=C/c2cc[n+](-c3ncccn3)cc2)cc1. The minimum atomic E-state index is 0.666. The predicted molar refractivity (Wildman–Crippen MR) is 102 cm³/mol. The van der Waals surface area contributed by atoms with E-state index in [-0.39, 0.29) is 0 Å². The van der Waals surface area contributed by atoms with Crippen LogP contribution in [0.5, 0.6) is 0 Å². The lowest BCUT2D eigenvalue weighted by molar-refractivity contribution is -0.603. The summed E-state index contributed by atoms with van der Waals surface area (Å²) in [4.78, 5) is 10.5. The molecule has 0 unspecified atom stereocenters. The average Bonchev–Trinajstić information content (AvgIpc) is 2.67. The second-order valence-corrected chi connectivity index (χ2v) is 5.79. The highest BCUT2D eigenvalue weighted by atomic mass is 15.1. The van der Waals surface area contributed by atoms with Crippen molar-refractivity contribution in [3.63, 3.8) is 0 Å². The smallest absolute Gasteiger partial charge is 0.378 e. The Kier molecular flexibility index (Phi) is 5.32. The highest BCUT2D eigenvalue weighted by molar-refractivity contribution is 5.59. The van der Waals surface area contributed by atoms with Crippen molar-refractivity contribution in [1.29, 1.82) is 0 Å². The lowest BCUT2D eigenvalue weighted by Crippen LogP contribution is -2.31. The van der Waals surface area contributed by atoms with E-state index < -0.39 is 0 Å². The molecule has 4 heteroatoms. The van der Waals surface area contributed by atoms with Crippen molar-refractivity contribution in [2.45, 2.75) is 0 Å². The molecule has 0 amide bonds. The Hall–Kier alpha value is -3.27. The van der Waals surface area contributed by atoms with Crippen LogP contribution in [0.3, 0.4) is 0 Å². The van der Waals surface area contributed by atoms with Gasteiger partial charge in [-0.1, -0.05) is 46.4 Å². The molecule has 0 bridgehead atoms. The number of allylic oxidation sites excluding steroid dienone is 2. The van der Waals surface area contributed by atoms with Gasteiger partial charge in [0, 0.05) is 25.8 Å². The fraction of sp³-hybridized carbons (Fsp3) is 0.0952. The molecule has 0 saturated carbocycles. The van der Waals surface area contributed by atoms with Crippen molar-refractivity contribution in [3.05, 3.63) is 90.5 Å². The molecular weight excluding hydrogens is 308 g/mol. The Bertz CT molecular complexity index is 849. The van der Waals surface area contributed by atoms with Gasteiger partial charge in [-0.3, -0.25) is 0 Å². The van der Waals surface area contributed by atoms with Gasteiger partial charge in [-0.05, 0) is 35.4 Å². The fourth-order valence-corrected chi connectivity index (χ4v) is 2.32. The first-order chi connectivity index (χ1) is 12.2. The van der Waals surface area contributed by atoms with Crippen molar-refractivity contribution >= 4 is 17.8 Å². The molecule has 124 valence electrons. The molecule has 0 saturated heterocycles. The summed E-state index contributed by atoms with van der Waals surface area (Å²) in [6.45, 7) is 0. The van der Waals surface area contributed by atoms with Gasteiger partial charge in [0.2, 0.25) is 0 Å². The molecule has 0 aliphatic heterocycles. The monoisotopic (exact) mass is 329 g/mol. The van der Waals surface area contributed by atoms with Gasteiger partial charge in [0.05, 0.1) is 12.4 Å². The molecule has 0 radical (unpaired) electrons. The van der Waals surface area contributed by atoms with Crippen LogP contribution in [0.25, 0.3) is 18.1 Å². The first-order valence-electron chi connectivity index (χ1n) is 8.13. The van der Waals surface area contributed by atoms with Crippen LogP contribution in [-0.4, -0.2) is 24.1 Å². The molecule has 1 aromatic carbocycles. The van der Waals surface area contributed by atoms with Crippen molar-refractivity contribution in [1.82, 2.24) is 9.97 Å². The summed E-state index contributed by atoms with van der Waals surface area (Å²) >= 11 is 0. The van der Waals surface area contributed by atoms with Gasteiger partial charge in [-0.15, -0.1) is 0 Å². The molecule has 0 spiro atoms. The Morgan fingerprint density at radius 1 is 0.800 bits per heavy atom. The van der Waals surface area contributed by atoms with Crippen molar-refractivity contribution in [2.75, 3.05) is 19.0 Å². The standard InChI is InChI=1S/C21H21N4/c1-24(2)20-10-8-18(9-11-20)6-3-4-7-19-12-16-25(17-13-19)21-22-14-5-15-23-21/h3-17H,1-2H3/q+1. The van der Waals surface area contributed by atoms with Crippen LogP contribution in [0.2, 0.25) is 0 Å². The Morgan fingerprint density at radius 3 is 1.92 bits per heavy atom. The van der Waals surface area contributed by atoms with Crippen molar-refractivity contribution < 1.29 is 4.57 Å². The number of benzene rings is 1. The van der Waals surface area contributed by atoms with Crippen LogP contribution in [0.1, 0.15) is 11.1 Å². The number of hydrogen-bond acceptors (Lipinski definition) is 3. The minimum Gasteiger partial charge on any atom is -0.378 e. The van der Waals surface area contributed by atoms with Crippen LogP contribution in [0.15, 0.2) is 79.4 Å². The molecule has 25 heavy (non-hydrogen) atoms. The third kappa shape index (κ3) is 4.61. The number of anilines is 1. The molecule has 4 nitrogen and oxygen atoms in total. The second-order valence-electron chi connectivity index (χ2n) is 5.79. The highest BCUT2D eigenvalue weighted by Gasteiger charge is 2.05. The van der Waals surface area contributed by atoms with Crippen LogP contribution < -0.4 is 9.47 Å². The molecule has 2 heterocycles. The normalized spacial score (nSPS) is 11.3. The first kappa shape index (κ1) is 16.6. The van der Waals surface area contributed by atoms with E-state index in [4.69, 9.17) is 0 Å². The van der Waals surface area contributed by atoms with Gasteiger partial charge < -0.3 is 4.90 Å². The van der Waals surface area contributed by atoms with Gasteiger partial charge in [0.1, 0.15) is 12.4 Å². The maximum atomic E-state index is 4.22. The van der Waals surface area contributed by atoms with Gasteiger partial charge in [-0.25, -0.2) is 4.57 Å². The number of pyridine rings is 1. The number of rotatable bonds is 5. The zero-order chi connectivity index (χ0) is 17.5. The highest BCUT2D eigenvalue weighted by Crippen LogP contribution is 2.13. The van der Waals surface area contributed by atoms with Gasteiger partial charge in [-0.2, -0.15) is 0 Å². The second kappa shape index (κ2) is 8.02. The maximum absolute atomic E-state index is 4.22. The summed E-state index contributed by atoms with van der Waals surface area (Å²) in [5, 5.41) is 0. The largest absolute Gasteiger partial charge is 0.437 e. The Labute approximate surface area is 148 Å². The topological polar surface area (TPSA) is 32.9 Å². The molecule has 0 N–H and O–H groups in total. The lowest BCUT2D eigenvalue weighted by Gasteiger charge is -2.11. The lowest BCUT2D eigenvalue weighted by atomic mass is 10.2. The van der Waals surface area contributed by atoms with E-state index in [1.165, 1.54) is 11.3 Å². The van der Waals surface area contributed by atoms with E-state index in [1.807, 2.05) is 61.4 Å². The quantitative estimate of drug-likeness (QED) is 0.530.